The molecule has 0 spiro atoms. The van der Waals surface area contributed by atoms with Crippen LogP contribution in [0.2, 0.25) is 58.9 Å². The Hall–Kier alpha value is -11.1. The normalized spacial score (nSPS) is 12.2. The summed E-state index contributed by atoms with van der Waals surface area (Å²) in [6.07, 6.45) is 11.5. The average Bonchev–Trinajstić information content (AvgIpc) is 1.54. The Bertz CT molecular complexity index is 6540. The van der Waals surface area contributed by atoms with Crippen molar-refractivity contribution in [2.45, 2.75) is 102 Å². The maximum absolute atomic E-state index is 12.7. The fourth-order valence-corrected chi connectivity index (χ4v) is 28.2. The number of hydrogen-bond acceptors (Lipinski definition) is 9. The van der Waals surface area contributed by atoms with Crippen LogP contribution in [-0.4, -0.2) is 70.6 Å². The summed E-state index contributed by atoms with van der Waals surface area (Å²) in [5.41, 5.74) is 21.7. The van der Waals surface area contributed by atoms with Gasteiger partial charge in [-0.2, -0.15) is 0 Å². The zero-order valence-electron chi connectivity index (χ0n) is 73.4. The largest absolute Gasteiger partial charge is 0.500 e. The Morgan fingerprint density at radius 2 is 0.732 bits per heavy atom. The fourth-order valence-electron chi connectivity index (χ4n) is 16.4. The quantitative estimate of drug-likeness (QED) is 0.0868. The van der Waals surface area contributed by atoms with Gasteiger partial charge in [0.25, 0.3) is 0 Å². The molecule has 0 unspecified atom stereocenters. The molecule has 2 aliphatic rings. The van der Waals surface area contributed by atoms with Gasteiger partial charge in [-0.3, -0.25) is 0 Å². The molecule has 0 amide bonds. The van der Waals surface area contributed by atoms with Crippen molar-refractivity contribution >= 4 is 100 Å². The van der Waals surface area contributed by atoms with Gasteiger partial charge in [0.2, 0.25) is 0 Å². The minimum Gasteiger partial charge on any atom is -0.500 e. The second-order valence-electron chi connectivity index (χ2n) is 34.4. The van der Waals surface area contributed by atoms with Crippen LogP contribution >= 0.6 is 0 Å². The molecule has 17 heteroatoms. The van der Waals surface area contributed by atoms with Gasteiger partial charge in [0.05, 0.1) is 34.7 Å². The molecule has 3 radical (unpaired) electrons. The molecule has 0 N–H and O–H groups in total. The van der Waals surface area contributed by atoms with Crippen LogP contribution in [0.1, 0.15) is 36.5 Å². The predicted molar refractivity (Wildman–Crippen MR) is 524 cm³/mol. The van der Waals surface area contributed by atoms with Crippen LogP contribution in [0, 0.1) is 50.2 Å². The predicted octanol–water partition coefficient (Wildman–Crippen LogP) is 22.7. The van der Waals surface area contributed by atoms with Crippen LogP contribution in [0.4, 0.5) is 0 Å². The van der Waals surface area contributed by atoms with Gasteiger partial charge in [-0.25, -0.2) is 8.42 Å². The van der Waals surface area contributed by atoms with Gasteiger partial charge < -0.3 is 34.3 Å². The Kier molecular flexibility index (Phi) is 31.2. The third-order valence-corrected chi connectivity index (χ3v) is 35.4. The van der Waals surface area contributed by atoms with E-state index in [0.29, 0.717) is 15.7 Å². The molecule has 0 saturated carbocycles. The molecule has 9 nitrogen and oxygen atoms in total. The average molecular weight is 2270 g/mol. The first-order valence-electron chi connectivity index (χ1n) is 41.9. The van der Waals surface area contributed by atoms with E-state index in [1.807, 2.05) is 176 Å². The van der Waals surface area contributed by atoms with Gasteiger partial charge in [0.15, 0.2) is 9.84 Å². The molecule has 0 fully saturated rings. The second-order valence-corrected chi connectivity index (χ2v) is 55.1. The number of aromatic nitrogens is 6. The van der Waals surface area contributed by atoms with E-state index in [-0.39, 0.29) is 60.3 Å². The number of pyridine rings is 6. The Morgan fingerprint density at radius 3 is 1.20 bits per heavy atom. The van der Waals surface area contributed by atoms with Gasteiger partial charge in [-0.1, -0.05) is 292 Å². The van der Waals surface area contributed by atoms with Crippen molar-refractivity contribution in [3.63, 3.8) is 0 Å². The molecule has 2 aliphatic heterocycles. The van der Waals surface area contributed by atoms with E-state index in [4.69, 9.17) is 14.4 Å². The first-order valence-corrected chi connectivity index (χ1v) is 55.9. The number of furan rings is 1. The van der Waals surface area contributed by atoms with Crippen molar-refractivity contribution in [3.8, 4) is 89.8 Å². The number of fused-ring (bicyclic) bond motifs is 9. The minimum absolute atomic E-state index is 0. The number of benzene rings is 11. The van der Waals surface area contributed by atoms with Crippen molar-refractivity contribution in [2.24, 2.45) is 0 Å². The number of hydrogen-bond donors (Lipinski definition) is 0. The maximum atomic E-state index is 12.7. The molecule has 127 heavy (non-hydrogen) atoms. The van der Waals surface area contributed by atoms with Crippen LogP contribution in [0.5, 0.6) is 0 Å². The van der Waals surface area contributed by atoms with E-state index >= 15 is 0 Å². The van der Waals surface area contributed by atoms with Gasteiger partial charge in [-0.15, -0.1) is 184 Å². The Labute approximate surface area is 793 Å². The van der Waals surface area contributed by atoms with Crippen molar-refractivity contribution in [1.29, 1.82) is 0 Å². The van der Waals surface area contributed by atoms with Crippen LogP contribution in [0.15, 0.2) is 367 Å². The molecule has 0 bridgehead atoms. The third-order valence-electron chi connectivity index (χ3n) is 22.4. The van der Waals surface area contributed by atoms with Crippen LogP contribution in [-0.2, 0) is 70.2 Å². The molecule has 0 saturated heterocycles. The van der Waals surface area contributed by atoms with E-state index in [0.717, 1.165) is 101 Å². The van der Waals surface area contributed by atoms with Crippen molar-refractivity contribution in [2.75, 3.05) is 0 Å². The number of aryl methyl sites for hydroxylation is 2. The van der Waals surface area contributed by atoms with Gasteiger partial charge in [-0.05, 0) is 121 Å². The SMILES string of the molecule is CC(C)c1cc(-c2[c-]cc3oc4ccccc4c3c2)ncc1[Si](C)(C)C.Cc1cc(-c2[c-]cc3c(c2)-c2ccccc2S3(=O)=O)ncc1[Si](C)(C)C.Cc1cc(-c2[c-]cc3c(c2)-c2ccccc2[Si]3(c2ccccc2)c2ccccc2)ncc1[Si](C)(C)C.[Ir].[Ir].[Ir].[c-]1ccccc1-c1ccccn1.[c-]1ccccc1-c1ccccn1.[c-]1ccccc1-c1ccccn1. The summed E-state index contributed by atoms with van der Waals surface area (Å²) in [5, 5.41) is 12.2. The molecule has 641 valence electrons. The molecule has 18 aromatic rings. The Morgan fingerprint density at radius 1 is 0.323 bits per heavy atom. The topological polar surface area (TPSA) is 125 Å². The zero-order chi connectivity index (χ0) is 86.8. The van der Waals surface area contributed by atoms with Gasteiger partial charge >= 0.3 is 0 Å². The maximum Gasteiger partial charge on any atom is 0.173 e. The standard InChI is InChI=1S/C33H30NSi2.C23H24NOSi.C21H20NO2SSi.3C11H8N.3Ir/c1-24-21-30(34-23-33(24)35(2,3)4)25-19-20-32-29(22-25)28-17-11-12-18-31(28)36(32,26-13-7-5-8-14-26)27-15-9-6-10-16-27;1-15(2)18-13-20(24-14-23(18)26(3,4)5)16-10-11-22-19(12-16)17-8-6-7-9-21(17)25-22;1-14-11-18(22-13-21(14)26(2,3)4)15-9-10-20-17(12-15)16-7-5-6-8-19(16)25(20,23)24;3*1-2-6-10(7-3-1)11-8-4-5-9-12-11;;;/h5-18,20-23H,1-4H3;6-9,11-15H,1-5H3;5-8,10-13H,1-4H3;3*1-6,8-9H;;;/q6*-1;;;. The van der Waals surface area contributed by atoms with Crippen molar-refractivity contribution < 1.29 is 73.2 Å². The monoisotopic (exact) mass is 2270 g/mol. The summed E-state index contributed by atoms with van der Waals surface area (Å²) in [6, 6.07) is 126. The summed E-state index contributed by atoms with van der Waals surface area (Å²) in [7, 11) is -10.2. The van der Waals surface area contributed by atoms with Crippen LogP contribution in [0.25, 0.3) is 112 Å². The molecule has 9 heterocycles. The van der Waals surface area contributed by atoms with Gasteiger partial charge in [0, 0.05) is 103 Å². The summed E-state index contributed by atoms with van der Waals surface area (Å²) in [5.74, 6) is 0.483. The summed E-state index contributed by atoms with van der Waals surface area (Å²) < 4.78 is 31.3. The van der Waals surface area contributed by atoms with E-state index in [9.17, 15) is 8.42 Å². The number of nitrogens with zero attached hydrogens (tertiary/aromatic N) is 6. The van der Waals surface area contributed by atoms with E-state index in [1.54, 1.807) is 36.8 Å². The van der Waals surface area contributed by atoms with Crippen LogP contribution in [0.3, 0.4) is 0 Å². The smallest absolute Gasteiger partial charge is 0.173 e. The fraction of sp³-hybridized carbons (Fsp3) is 0.127. The van der Waals surface area contributed by atoms with E-state index < -0.39 is 42.1 Å². The van der Waals surface area contributed by atoms with Gasteiger partial charge in [0.1, 0.15) is 13.7 Å². The van der Waals surface area contributed by atoms with E-state index in [2.05, 4.69) is 283 Å². The Balaban J connectivity index is 0.000000145. The molecular weight excluding hydrogens is 2170 g/mol. The summed E-state index contributed by atoms with van der Waals surface area (Å²) in [4.78, 5) is 27.7. The summed E-state index contributed by atoms with van der Waals surface area (Å²) in [6.45, 7) is 30.1. The molecule has 20 rings (SSSR count). The summed E-state index contributed by atoms with van der Waals surface area (Å²) >= 11 is 0. The second kappa shape index (κ2) is 41.8. The van der Waals surface area contributed by atoms with Crippen LogP contribution < -0.4 is 36.3 Å². The third kappa shape index (κ3) is 21.3. The van der Waals surface area contributed by atoms with E-state index in [1.165, 1.54) is 64.1 Å². The number of rotatable bonds is 12. The first kappa shape index (κ1) is 95.0. The van der Waals surface area contributed by atoms with Crippen molar-refractivity contribution in [1.82, 2.24) is 29.9 Å². The minimum atomic E-state index is -3.44. The van der Waals surface area contributed by atoms with Crippen molar-refractivity contribution in [3.05, 3.63) is 406 Å². The first-order chi connectivity index (χ1) is 59.8. The number of sulfone groups is 1. The molecule has 0 atom stereocenters. The molecule has 7 aromatic heterocycles. The zero-order valence-corrected chi connectivity index (χ0v) is 85.4. The molecule has 0 aliphatic carbocycles. The number of para-hydroxylation sites is 1. The molecule has 11 aromatic carbocycles. The molecular formula is C110H98Ir3N6O3SSi4-6.